The van der Waals surface area contributed by atoms with Crippen LogP contribution in [0, 0.1) is 5.92 Å². The SMILES string of the molecule is O=C(NCCO)c1cnc2c(C3=CC[C@@H](C(F)(F)F)CC3)cccc2c1. The third-order valence-electron chi connectivity index (χ3n) is 4.59. The Kier molecular flexibility index (Phi) is 5.27. The first-order valence-corrected chi connectivity index (χ1v) is 8.44. The summed E-state index contributed by atoms with van der Waals surface area (Å²) in [5, 5.41) is 12.1. The molecule has 1 aliphatic carbocycles. The number of nitrogens with zero attached hydrogens (tertiary/aromatic N) is 1. The van der Waals surface area contributed by atoms with E-state index in [9.17, 15) is 18.0 Å². The molecule has 2 aromatic rings. The molecule has 0 spiro atoms. The van der Waals surface area contributed by atoms with Gasteiger partial charge in [0.1, 0.15) is 0 Å². The van der Waals surface area contributed by atoms with Gasteiger partial charge in [0.05, 0.1) is 23.6 Å². The van der Waals surface area contributed by atoms with Gasteiger partial charge in [0.2, 0.25) is 0 Å². The molecule has 1 aromatic carbocycles. The normalized spacial score (nSPS) is 17.8. The highest BCUT2D eigenvalue weighted by Gasteiger charge is 2.39. The lowest BCUT2D eigenvalue weighted by atomic mass is 9.85. The van der Waals surface area contributed by atoms with Gasteiger partial charge in [0, 0.05) is 23.7 Å². The van der Waals surface area contributed by atoms with Crippen molar-refractivity contribution in [2.45, 2.75) is 25.4 Å². The lowest BCUT2D eigenvalue weighted by Gasteiger charge is -2.24. The highest BCUT2D eigenvalue weighted by Crippen LogP contribution is 2.40. The molecule has 138 valence electrons. The molecule has 0 saturated heterocycles. The van der Waals surface area contributed by atoms with Crippen molar-refractivity contribution in [3.8, 4) is 0 Å². The van der Waals surface area contributed by atoms with Crippen LogP contribution in [-0.4, -0.2) is 35.3 Å². The molecule has 0 aliphatic heterocycles. The van der Waals surface area contributed by atoms with Gasteiger partial charge in [-0.25, -0.2) is 0 Å². The predicted octanol–water partition coefficient (Wildman–Crippen LogP) is 3.70. The lowest BCUT2D eigenvalue weighted by molar-refractivity contribution is -0.175. The molecule has 7 heteroatoms. The number of halogens is 3. The molecule has 4 nitrogen and oxygen atoms in total. The fraction of sp³-hybridized carbons (Fsp3) is 0.368. The van der Waals surface area contributed by atoms with Crippen molar-refractivity contribution in [3.63, 3.8) is 0 Å². The van der Waals surface area contributed by atoms with Gasteiger partial charge in [-0.15, -0.1) is 0 Å². The van der Waals surface area contributed by atoms with Crippen LogP contribution in [0.3, 0.4) is 0 Å². The first-order chi connectivity index (χ1) is 12.4. The summed E-state index contributed by atoms with van der Waals surface area (Å²) in [5.74, 6) is -1.61. The Morgan fingerprint density at radius 2 is 2.15 bits per heavy atom. The highest BCUT2D eigenvalue weighted by molar-refractivity contribution is 5.99. The van der Waals surface area contributed by atoms with Gasteiger partial charge >= 0.3 is 6.18 Å². The number of rotatable bonds is 4. The van der Waals surface area contributed by atoms with Gasteiger partial charge < -0.3 is 10.4 Å². The van der Waals surface area contributed by atoms with E-state index in [1.165, 1.54) is 6.20 Å². The number of pyridine rings is 1. The second-order valence-electron chi connectivity index (χ2n) is 6.32. The number of aromatic nitrogens is 1. The van der Waals surface area contributed by atoms with E-state index >= 15 is 0 Å². The fourth-order valence-electron chi connectivity index (χ4n) is 3.19. The quantitative estimate of drug-likeness (QED) is 0.870. The van der Waals surface area contributed by atoms with Crippen LogP contribution < -0.4 is 5.32 Å². The molecule has 0 radical (unpaired) electrons. The second-order valence-corrected chi connectivity index (χ2v) is 6.32. The second kappa shape index (κ2) is 7.45. The van der Waals surface area contributed by atoms with E-state index in [0.29, 0.717) is 17.5 Å². The van der Waals surface area contributed by atoms with Crippen LogP contribution in [-0.2, 0) is 0 Å². The number of hydrogen-bond donors (Lipinski definition) is 2. The van der Waals surface area contributed by atoms with Crippen LogP contribution in [0.15, 0.2) is 36.5 Å². The first kappa shape index (κ1) is 18.4. The third kappa shape index (κ3) is 3.88. The van der Waals surface area contributed by atoms with Crippen molar-refractivity contribution in [1.82, 2.24) is 10.3 Å². The zero-order chi connectivity index (χ0) is 18.7. The number of nitrogens with one attached hydrogen (secondary N) is 1. The Labute approximate surface area is 148 Å². The van der Waals surface area contributed by atoms with Crippen LogP contribution in [0.2, 0.25) is 0 Å². The van der Waals surface area contributed by atoms with Crippen LogP contribution >= 0.6 is 0 Å². The van der Waals surface area contributed by atoms with Crippen molar-refractivity contribution < 1.29 is 23.1 Å². The number of aliphatic hydroxyl groups excluding tert-OH is 1. The number of hydrogen-bond acceptors (Lipinski definition) is 3. The average molecular weight is 364 g/mol. The number of alkyl halides is 3. The van der Waals surface area contributed by atoms with Crippen LogP contribution in [0.5, 0.6) is 0 Å². The minimum atomic E-state index is -4.16. The Morgan fingerprint density at radius 1 is 1.35 bits per heavy atom. The number of allylic oxidation sites excluding steroid dienone is 2. The van der Waals surface area contributed by atoms with E-state index in [4.69, 9.17) is 5.11 Å². The number of carbonyl (C=O) groups is 1. The Balaban J connectivity index is 1.89. The first-order valence-electron chi connectivity index (χ1n) is 8.44. The molecular formula is C19H19F3N2O2. The van der Waals surface area contributed by atoms with E-state index < -0.39 is 12.1 Å². The standard InChI is InChI=1S/C19H19F3N2O2/c20-19(21,22)15-6-4-12(5-7-15)16-3-1-2-13-10-14(11-24-17(13)16)18(26)23-8-9-25/h1-4,10-11,15,25H,5-9H2,(H,23,26)/t15-/m1/s1. The minimum Gasteiger partial charge on any atom is -0.395 e. The third-order valence-corrected chi connectivity index (χ3v) is 4.59. The monoisotopic (exact) mass is 364 g/mol. The summed E-state index contributed by atoms with van der Waals surface area (Å²) in [6.45, 7) is 0.00808. The van der Waals surface area contributed by atoms with Crippen molar-refractivity contribution in [1.29, 1.82) is 0 Å². The van der Waals surface area contributed by atoms with Crippen molar-refractivity contribution >= 4 is 22.4 Å². The fourth-order valence-corrected chi connectivity index (χ4v) is 3.19. The zero-order valence-corrected chi connectivity index (χ0v) is 14.0. The number of aliphatic hydroxyl groups is 1. The summed E-state index contributed by atoms with van der Waals surface area (Å²) in [5.41, 5.74) is 2.72. The maximum Gasteiger partial charge on any atom is 0.392 e. The molecule has 1 aliphatic rings. The number of fused-ring (bicyclic) bond motifs is 1. The molecule has 1 heterocycles. The number of para-hydroxylation sites is 1. The van der Waals surface area contributed by atoms with E-state index in [1.807, 2.05) is 18.2 Å². The summed E-state index contributed by atoms with van der Waals surface area (Å²) < 4.78 is 38.5. The Hall–Kier alpha value is -2.41. The largest absolute Gasteiger partial charge is 0.395 e. The van der Waals surface area contributed by atoms with Crippen LogP contribution in [0.4, 0.5) is 13.2 Å². The van der Waals surface area contributed by atoms with Gasteiger partial charge in [-0.1, -0.05) is 24.3 Å². The van der Waals surface area contributed by atoms with E-state index in [-0.39, 0.29) is 31.9 Å². The minimum absolute atomic E-state index is 0.0170. The molecule has 26 heavy (non-hydrogen) atoms. The molecule has 0 fully saturated rings. The van der Waals surface area contributed by atoms with Gasteiger partial charge in [0.25, 0.3) is 5.91 Å². The topological polar surface area (TPSA) is 62.2 Å². The van der Waals surface area contributed by atoms with Gasteiger partial charge in [-0.2, -0.15) is 13.2 Å². The van der Waals surface area contributed by atoms with Gasteiger partial charge in [-0.05, 0) is 30.9 Å². The van der Waals surface area contributed by atoms with Gasteiger partial charge in [-0.3, -0.25) is 9.78 Å². The molecule has 3 rings (SSSR count). The smallest absolute Gasteiger partial charge is 0.392 e. The summed E-state index contributed by atoms with van der Waals surface area (Å²) in [6.07, 6.45) is -0.649. The molecule has 0 unspecified atom stereocenters. The molecule has 0 bridgehead atoms. The molecule has 1 atom stereocenters. The number of amides is 1. The molecule has 1 amide bonds. The van der Waals surface area contributed by atoms with Crippen LogP contribution in [0.1, 0.15) is 35.2 Å². The van der Waals surface area contributed by atoms with E-state index in [1.54, 1.807) is 12.1 Å². The predicted molar refractivity (Wildman–Crippen MR) is 92.5 cm³/mol. The Bertz CT molecular complexity index is 846. The van der Waals surface area contributed by atoms with E-state index in [0.717, 1.165) is 16.5 Å². The maximum atomic E-state index is 12.8. The summed E-state index contributed by atoms with van der Waals surface area (Å²) in [4.78, 5) is 16.4. The van der Waals surface area contributed by atoms with E-state index in [2.05, 4.69) is 10.3 Å². The highest BCUT2D eigenvalue weighted by atomic mass is 19.4. The van der Waals surface area contributed by atoms with Gasteiger partial charge in [0.15, 0.2) is 0 Å². The molecule has 0 saturated carbocycles. The maximum absolute atomic E-state index is 12.8. The number of benzene rings is 1. The summed E-state index contributed by atoms with van der Waals surface area (Å²) in [7, 11) is 0. The molecule has 2 N–H and O–H groups in total. The van der Waals surface area contributed by atoms with Crippen molar-refractivity contribution in [2.24, 2.45) is 5.92 Å². The zero-order valence-electron chi connectivity index (χ0n) is 14.0. The molecule has 1 aromatic heterocycles. The summed E-state index contributed by atoms with van der Waals surface area (Å²) in [6, 6.07) is 7.17. The molecular weight excluding hydrogens is 345 g/mol. The average Bonchev–Trinajstić information content (AvgIpc) is 2.64. The van der Waals surface area contributed by atoms with Crippen molar-refractivity contribution in [3.05, 3.63) is 47.7 Å². The Morgan fingerprint density at radius 3 is 2.81 bits per heavy atom. The summed E-state index contributed by atoms with van der Waals surface area (Å²) >= 11 is 0. The van der Waals surface area contributed by atoms with Crippen LogP contribution in [0.25, 0.3) is 16.5 Å². The number of carbonyl (C=O) groups excluding carboxylic acids is 1. The van der Waals surface area contributed by atoms with Crippen molar-refractivity contribution in [2.75, 3.05) is 13.2 Å². The lowest BCUT2D eigenvalue weighted by Crippen LogP contribution is -2.26.